The summed E-state index contributed by atoms with van der Waals surface area (Å²) in [6.07, 6.45) is 5.14. The van der Waals surface area contributed by atoms with Crippen molar-refractivity contribution in [3.8, 4) is 5.75 Å². The summed E-state index contributed by atoms with van der Waals surface area (Å²) in [5, 5.41) is 29.9. The number of likely N-dealkylation sites (tertiary alicyclic amines) is 1. The highest BCUT2D eigenvalue weighted by atomic mass is 16.6. The molecule has 2 aromatic rings. The first-order valence-electron chi connectivity index (χ1n) is 10.4. The van der Waals surface area contributed by atoms with E-state index in [1.54, 1.807) is 25.1 Å². The number of ether oxygens (including phenoxy) is 1. The number of nitrogens with two attached hydrogens (primary N) is 1. The van der Waals surface area contributed by atoms with Gasteiger partial charge in [0.05, 0.1) is 10.8 Å². The highest BCUT2D eigenvalue weighted by molar-refractivity contribution is 5.95. The maximum Gasteiger partial charge on any atom is 0.312 e. The van der Waals surface area contributed by atoms with Crippen molar-refractivity contribution in [1.82, 2.24) is 4.90 Å². The van der Waals surface area contributed by atoms with E-state index >= 15 is 0 Å². The lowest BCUT2D eigenvalue weighted by molar-refractivity contribution is -0.386. The van der Waals surface area contributed by atoms with Gasteiger partial charge in [0.15, 0.2) is 5.75 Å². The molecule has 0 aliphatic carbocycles. The first kappa shape index (κ1) is 22.8. The fourth-order valence-corrected chi connectivity index (χ4v) is 3.54. The molecule has 9 nitrogen and oxygen atoms in total. The molecule has 0 bridgehead atoms. The summed E-state index contributed by atoms with van der Waals surface area (Å²) in [5.74, 6) is 0.816. The van der Waals surface area contributed by atoms with Crippen molar-refractivity contribution in [2.24, 2.45) is 5.73 Å². The van der Waals surface area contributed by atoms with Crippen LogP contribution in [0.2, 0.25) is 0 Å². The molecule has 32 heavy (non-hydrogen) atoms. The molecule has 0 radical (unpaired) electrons. The van der Waals surface area contributed by atoms with Gasteiger partial charge in [-0.05, 0) is 30.7 Å². The number of nitrogens with one attached hydrogen (secondary N) is 3. The highest BCUT2D eigenvalue weighted by Crippen LogP contribution is 2.32. The van der Waals surface area contributed by atoms with Gasteiger partial charge in [-0.1, -0.05) is 30.4 Å². The minimum absolute atomic E-state index is 0.0170. The molecule has 9 heteroatoms. The smallest absolute Gasteiger partial charge is 0.312 e. The third-order valence-corrected chi connectivity index (χ3v) is 5.30. The lowest BCUT2D eigenvalue weighted by Gasteiger charge is -2.32. The summed E-state index contributed by atoms with van der Waals surface area (Å²) in [7, 11) is 0. The van der Waals surface area contributed by atoms with Crippen LogP contribution < -0.4 is 15.8 Å². The average Bonchev–Trinajstić information content (AvgIpc) is 2.78. The summed E-state index contributed by atoms with van der Waals surface area (Å²) in [6.45, 7) is 3.67. The van der Waals surface area contributed by atoms with Crippen LogP contribution in [0.25, 0.3) is 6.08 Å². The number of nitro groups is 1. The molecule has 1 heterocycles. The topological polar surface area (TPSA) is 141 Å². The second-order valence-electron chi connectivity index (χ2n) is 7.65. The van der Waals surface area contributed by atoms with Gasteiger partial charge in [-0.2, -0.15) is 0 Å². The summed E-state index contributed by atoms with van der Waals surface area (Å²) in [4.78, 5) is 13.1. The Morgan fingerprint density at radius 1 is 1.28 bits per heavy atom. The Bertz CT molecular complexity index is 1030. The zero-order chi connectivity index (χ0) is 23.1. The maximum absolute atomic E-state index is 11.6. The molecule has 1 aliphatic rings. The SMILES string of the molecule is CC(=N)N1CCC(Oc2ccc(NC/C=C/c3cccc(C(=N)N)c3)cc2[N+](=O)[O-])CC1. The minimum Gasteiger partial charge on any atom is -0.483 e. The van der Waals surface area contributed by atoms with Crippen LogP contribution in [-0.2, 0) is 0 Å². The molecule has 0 aromatic heterocycles. The van der Waals surface area contributed by atoms with E-state index in [0.717, 1.165) is 31.5 Å². The van der Waals surface area contributed by atoms with Crippen LogP contribution in [0.5, 0.6) is 5.75 Å². The van der Waals surface area contributed by atoms with Gasteiger partial charge in [0.1, 0.15) is 11.9 Å². The Balaban J connectivity index is 1.60. The number of benzene rings is 2. The number of piperidine rings is 1. The second-order valence-corrected chi connectivity index (χ2v) is 7.65. The van der Waals surface area contributed by atoms with Crippen molar-refractivity contribution < 1.29 is 9.66 Å². The van der Waals surface area contributed by atoms with Crippen LogP contribution >= 0.6 is 0 Å². The first-order valence-corrected chi connectivity index (χ1v) is 10.4. The zero-order valence-electron chi connectivity index (χ0n) is 18.0. The molecule has 0 spiro atoms. The van der Waals surface area contributed by atoms with E-state index in [-0.39, 0.29) is 23.4 Å². The van der Waals surface area contributed by atoms with Gasteiger partial charge < -0.3 is 20.7 Å². The Labute approximate surface area is 187 Å². The molecule has 0 saturated carbocycles. The number of nitrogens with zero attached hydrogens (tertiary/aromatic N) is 2. The van der Waals surface area contributed by atoms with Crippen molar-refractivity contribution in [2.45, 2.75) is 25.9 Å². The normalized spacial score (nSPS) is 14.3. The molecule has 0 unspecified atom stereocenters. The van der Waals surface area contributed by atoms with Gasteiger partial charge in [0, 0.05) is 49.8 Å². The number of nitro benzene ring substituents is 1. The van der Waals surface area contributed by atoms with E-state index in [9.17, 15) is 10.1 Å². The summed E-state index contributed by atoms with van der Waals surface area (Å²) >= 11 is 0. The Kier molecular flexibility index (Phi) is 7.43. The molecule has 2 aromatic carbocycles. The predicted octanol–water partition coefficient (Wildman–Crippen LogP) is 3.84. The van der Waals surface area contributed by atoms with Crippen LogP contribution in [0.1, 0.15) is 30.9 Å². The van der Waals surface area contributed by atoms with Crippen molar-refractivity contribution in [2.75, 3.05) is 25.0 Å². The molecule has 168 valence electrons. The number of amidine groups is 2. The van der Waals surface area contributed by atoms with Gasteiger partial charge in [-0.3, -0.25) is 20.9 Å². The van der Waals surface area contributed by atoms with Crippen LogP contribution in [0.15, 0.2) is 48.5 Å². The molecular formula is C23H28N6O3. The van der Waals surface area contributed by atoms with Gasteiger partial charge in [-0.25, -0.2) is 0 Å². The van der Waals surface area contributed by atoms with Gasteiger partial charge in [0.25, 0.3) is 0 Å². The molecule has 0 amide bonds. The minimum atomic E-state index is -0.430. The Morgan fingerprint density at radius 2 is 2.03 bits per heavy atom. The van der Waals surface area contributed by atoms with E-state index in [2.05, 4.69) is 5.32 Å². The maximum atomic E-state index is 11.6. The van der Waals surface area contributed by atoms with Crippen LogP contribution in [0.4, 0.5) is 11.4 Å². The highest BCUT2D eigenvalue weighted by Gasteiger charge is 2.24. The first-order chi connectivity index (χ1) is 15.3. The van der Waals surface area contributed by atoms with E-state index in [1.165, 1.54) is 6.07 Å². The van der Waals surface area contributed by atoms with Crippen LogP contribution in [0, 0.1) is 20.9 Å². The number of anilines is 1. The Hall–Kier alpha value is -3.88. The van der Waals surface area contributed by atoms with E-state index in [4.69, 9.17) is 21.3 Å². The molecular weight excluding hydrogens is 408 g/mol. The number of hydrogen-bond donors (Lipinski definition) is 4. The van der Waals surface area contributed by atoms with Gasteiger partial charge in [0.2, 0.25) is 0 Å². The zero-order valence-corrected chi connectivity index (χ0v) is 18.0. The molecule has 0 atom stereocenters. The third kappa shape index (κ3) is 6.07. The average molecular weight is 437 g/mol. The molecule has 5 N–H and O–H groups in total. The van der Waals surface area contributed by atoms with Crippen LogP contribution in [0.3, 0.4) is 0 Å². The number of hydrogen-bond acceptors (Lipinski definition) is 6. The summed E-state index contributed by atoms with van der Waals surface area (Å²) in [6, 6.07) is 12.2. The number of nitrogen functional groups attached to an aromatic ring is 1. The number of rotatable bonds is 8. The lowest BCUT2D eigenvalue weighted by Crippen LogP contribution is -2.40. The summed E-state index contributed by atoms with van der Waals surface area (Å²) in [5.41, 5.74) is 7.64. The molecule has 1 saturated heterocycles. The predicted molar refractivity (Wildman–Crippen MR) is 127 cm³/mol. The van der Waals surface area contributed by atoms with Crippen molar-refractivity contribution in [3.63, 3.8) is 0 Å². The fraction of sp³-hybridized carbons (Fsp3) is 0.304. The van der Waals surface area contributed by atoms with E-state index in [1.807, 2.05) is 35.3 Å². The molecule has 1 fully saturated rings. The lowest BCUT2D eigenvalue weighted by atomic mass is 10.1. The van der Waals surface area contributed by atoms with E-state index < -0.39 is 4.92 Å². The third-order valence-electron chi connectivity index (χ3n) is 5.30. The molecule has 3 rings (SSSR count). The second kappa shape index (κ2) is 10.4. The largest absolute Gasteiger partial charge is 0.483 e. The standard InChI is InChI=1S/C23H28N6O3/c1-16(24)28-12-9-20(10-13-28)32-22-8-7-19(15-21(22)29(30)31)27-11-3-5-17-4-2-6-18(14-17)23(25)26/h2-8,14-15,20,24,27H,9-13H2,1H3,(H3,25,26)/b5-3+,24-16?. The van der Waals surface area contributed by atoms with E-state index in [0.29, 0.717) is 23.6 Å². The quantitative estimate of drug-likeness (QED) is 0.214. The van der Waals surface area contributed by atoms with Gasteiger partial charge >= 0.3 is 5.69 Å². The summed E-state index contributed by atoms with van der Waals surface area (Å²) < 4.78 is 5.94. The van der Waals surface area contributed by atoms with Crippen molar-refractivity contribution in [3.05, 3.63) is 69.8 Å². The molecule has 1 aliphatic heterocycles. The van der Waals surface area contributed by atoms with Gasteiger partial charge in [-0.15, -0.1) is 0 Å². The van der Waals surface area contributed by atoms with Crippen molar-refractivity contribution >= 4 is 29.1 Å². The fourth-order valence-electron chi connectivity index (χ4n) is 3.54. The Morgan fingerprint density at radius 3 is 2.69 bits per heavy atom. The monoisotopic (exact) mass is 436 g/mol. The van der Waals surface area contributed by atoms with Crippen molar-refractivity contribution in [1.29, 1.82) is 10.8 Å². The van der Waals surface area contributed by atoms with Crippen LogP contribution in [-0.4, -0.2) is 47.2 Å².